The molecule has 3 rings (SSSR count). The quantitative estimate of drug-likeness (QED) is 0.148. The van der Waals surface area contributed by atoms with Crippen LogP contribution in [0, 0.1) is 5.92 Å². The van der Waals surface area contributed by atoms with E-state index in [2.05, 4.69) is 16.0 Å². The topological polar surface area (TPSA) is 143 Å². The van der Waals surface area contributed by atoms with Gasteiger partial charge in [0.15, 0.2) is 0 Å². The molecule has 0 aromatic heterocycles. The second-order valence-corrected chi connectivity index (χ2v) is 11.4. The van der Waals surface area contributed by atoms with Crippen LogP contribution in [0.4, 0.5) is 4.79 Å². The van der Waals surface area contributed by atoms with Gasteiger partial charge >= 0.3 is 12.1 Å². The van der Waals surface area contributed by atoms with Crippen LogP contribution in [-0.2, 0) is 36.9 Å². The van der Waals surface area contributed by atoms with Gasteiger partial charge in [-0.25, -0.2) is 4.79 Å². The lowest BCUT2D eigenvalue weighted by Crippen LogP contribution is -2.45. The van der Waals surface area contributed by atoms with Gasteiger partial charge < -0.3 is 30.5 Å². The summed E-state index contributed by atoms with van der Waals surface area (Å²) < 4.78 is 10.7. The number of esters is 1. The number of allylic oxidation sites excluding steroid dienone is 2. The number of ether oxygens (including phenoxy) is 2. The van der Waals surface area contributed by atoms with E-state index in [1.54, 1.807) is 0 Å². The number of aliphatic hydroxyl groups is 1. The third-order valence-corrected chi connectivity index (χ3v) is 7.56. The molecule has 3 atom stereocenters. The molecule has 10 nitrogen and oxygen atoms in total. The van der Waals surface area contributed by atoms with Crippen LogP contribution < -0.4 is 16.0 Å². The number of carbonyl (C=O) groups excluding carboxylic acids is 4. The van der Waals surface area contributed by atoms with E-state index in [1.807, 2.05) is 72.8 Å². The molecular formula is C35H47N3O7. The number of cyclic esters (lactones) is 1. The molecular weight excluding hydrogens is 574 g/mol. The summed E-state index contributed by atoms with van der Waals surface area (Å²) in [5, 5.41) is 18.5. The molecule has 4 N–H and O–H groups in total. The lowest BCUT2D eigenvalue weighted by Gasteiger charge is -2.23. The largest absolute Gasteiger partial charge is 0.463 e. The summed E-state index contributed by atoms with van der Waals surface area (Å²) in [4.78, 5) is 50.7. The Hall–Kier alpha value is -4.18. The molecule has 10 heteroatoms. The predicted molar refractivity (Wildman–Crippen MR) is 171 cm³/mol. The molecule has 0 radical (unpaired) electrons. The molecule has 2 aromatic carbocycles. The average molecular weight is 622 g/mol. The zero-order chi connectivity index (χ0) is 32.1. The van der Waals surface area contributed by atoms with Crippen LogP contribution in [0.2, 0.25) is 0 Å². The number of aliphatic hydroxyl groups excluding tert-OH is 1. The van der Waals surface area contributed by atoms with Gasteiger partial charge in [-0.15, -0.1) is 0 Å². The third kappa shape index (κ3) is 14.9. The highest BCUT2D eigenvalue weighted by molar-refractivity contribution is 5.86. The normalized spacial score (nSPS) is 18.5. The molecule has 0 unspecified atom stereocenters. The standard InChI is InChI=1S/C35H47N3O7/c39-24-31(22-27-14-6-4-7-15-27)37-32(40)23-29-18-10-2-1-3-11-20-33(41)44-26-30(38-34(29)42)19-12-13-21-36-35(43)45-25-28-16-8-5-9-17-28/h2,4-10,14-17,29-31,39H,1,3,11-13,18-26H2,(H,36,43)(H,37,40)(H,38,42)/t29-,30+,31-/m1/s1. The van der Waals surface area contributed by atoms with Crippen LogP contribution in [0.5, 0.6) is 0 Å². The van der Waals surface area contributed by atoms with Gasteiger partial charge in [-0.2, -0.15) is 0 Å². The van der Waals surface area contributed by atoms with Gasteiger partial charge in [0.1, 0.15) is 13.2 Å². The summed E-state index contributed by atoms with van der Waals surface area (Å²) in [6, 6.07) is 18.1. The average Bonchev–Trinajstić information content (AvgIpc) is 3.05. The van der Waals surface area contributed by atoms with Gasteiger partial charge in [0.05, 0.1) is 24.6 Å². The monoisotopic (exact) mass is 621 g/mol. The number of hydrogen-bond acceptors (Lipinski definition) is 7. The second kappa shape index (κ2) is 20.7. The second-order valence-electron chi connectivity index (χ2n) is 11.4. The molecule has 3 amide bonds. The van der Waals surface area contributed by atoms with Crippen LogP contribution >= 0.6 is 0 Å². The van der Waals surface area contributed by atoms with E-state index in [0.717, 1.165) is 24.0 Å². The molecule has 2 aromatic rings. The summed E-state index contributed by atoms with van der Waals surface area (Å²) in [5.41, 5.74) is 1.89. The molecule has 1 aliphatic heterocycles. The zero-order valence-corrected chi connectivity index (χ0v) is 26.0. The van der Waals surface area contributed by atoms with E-state index in [9.17, 15) is 24.3 Å². The van der Waals surface area contributed by atoms with Gasteiger partial charge in [-0.1, -0.05) is 72.8 Å². The first-order valence-electron chi connectivity index (χ1n) is 15.9. The minimum Gasteiger partial charge on any atom is -0.463 e. The summed E-state index contributed by atoms with van der Waals surface area (Å²) in [6.07, 6.45) is 8.69. The van der Waals surface area contributed by atoms with Gasteiger partial charge in [0.25, 0.3) is 0 Å². The van der Waals surface area contributed by atoms with Gasteiger partial charge in [-0.05, 0) is 62.5 Å². The fourth-order valence-electron chi connectivity index (χ4n) is 5.03. The van der Waals surface area contributed by atoms with Gasteiger partial charge in [0, 0.05) is 19.4 Å². The van der Waals surface area contributed by atoms with Crippen LogP contribution in [0.25, 0.3) is 0 Å². The molecule has 0 spiro atoms. The van der Waals surface area contributed by atoms with Gasteiger partial charge in [0.2, 0.25) is 11.8 Å². The van der Waals surface area contributed by atoms with Crippen molar-refractivity contribution in [3.05, 3.63) is 83.9 Å². The molecule has 1 aliphatic rings. The molecule has 45 heavy (non-hydrogen) atoms. The Labute approximate surface area is 266 Å². The Balaban J connectivity index is 1.52. The Morgan fingerprint density at radius 1 is 0.978 bits per heavy atom. The van der Waals surface area contributed by atoms with E-state index < -0.39 is 24.1 Å². The molecule has 0 saturated heterocycles. The van der Waals surface area contributed by atoms with Crippen molar-refractivity contribution in [2.75, 3.05) is 19.8 Å². The van der Waals surface area contributed by atoms with Crippen molar-refractivity contribution in [1.82, 2.24) is 16.0 Å². The van der Waals surface area contributed by atoms with Crippen LogP contribution in [0.15, 0.2) is 72.8 Å². The van der Waals surface area contributed by atoms with Crippen molar-refractivity contribution in [3.63, 3.8) is 0 Å². The van der Waals surface area contributed by atoms with Crippen molar-refractivity contribution in [1.29, 1.82) is 0 Å². The minimum absolute atomic E-state index is 0.0372. The maximum absolute atomic E-state index is 13.4. The summed E-state index contributed by atoms with van der Waals surface area (Å²) in [6.45, 7) is 0.408. The number of unbranched alkanes of at least 4 members (excludes halogenated alkanes) is 1. The highest BCUT2D eigenvalue weighted by Crippen LogP contribution is 2.15. The maximum Gasteiger partial charge on any atom is 0.407 e. The van der Waals surface area contributed by atoms with Gasteiger partial charge in [-0.3, -0.25) is 14.4 Å². The Morgan fingerprint density at radius 3 is 2.44 bits per heavy atom. The van der Waals surface area contributed by atoms with Crippen molar-refractivity contribution in [2.24, 2.45) is 5.92 Å². The number of amides is 3. The number of benzene rings is 2. The number of hydrogen-bond donors (Lipinski definition) is 4. The number of rotatable bonds is 13. The highest BCUT2D eigenvalue weighted by atomic mass is 16.5. The molecule has 244 valence electrons. The van der Waals surface area contributed by atoms with E-state index in [-0.39, 0.29) is 44.0 Å². The SMILES string of the molecule is O=C(C[C@H]1CC=CCCCCC(=O)OC[C@H](CCCCNC(=O)OCc2ccccc2)NC1=O)N[C@@H](CO)Cc1ccccc1. The molecule has 1 heterocycles. The maximum atomic E-state index is 13.4. The molecule has 0 aliphatic carbocycles. The number of carbonyl (C=O) groups is 4. The van der Waals surface area contributed by atoms with Crippen LogP contribution in [-0.4, -0.2) is 60.8 Å². The van der Waals surface area contributed by atoms with E-state index in [4.69, 9.17) is 9.47 Å². The fourth-order valence-corrected chi connectivity index (χ4v) is 5.03. The smallest absolute Gasteiger partial charge is 0.407 e. The summed E-state index contributed by atoms with van der Waals surface area (Å²) in [7, 11) is 0. The Bertz CT molecular complexity index is 1210. The molecule has 0 bridgehead atoms. The van der Waals surface area contributed by atoms with E-state index in [0.29, 0.717) is 51.5 Å². The fraction of sp³-hybridized carbons (Fsp3) is 0.486. The lowest BCUT2D eigenvalue weighted by molar-refractivity contribution is -0.145. The van der Waals surface area contributed by atoms with E-state index >= 15 is 0 Å². The zero-order valence-electron chi connectivity index (χ0n) is 26.0. The minimum atomic E-state index is -0.625. The number of alkyl carbamates (subject to hydrolysis) is 1. The highest BCUT2D eigenvalue weighted by Gasteiger charge is 2.25. The molecule has 0 saturated carbocycles. The first-order valence-corrected chi connectivity index (χ1v) is 15.9. The molecule has 0 fully saturated rings. The van der Waals surface area contributed by atoms with Crippen LogP contribution in [0.3, 0.4) is 0 Å². The Kier molecular flexibility index (Phi) is 16.3. The Morgan fingerprint density at radius 2 is 1.71 bits per heavy atom. The summed E-state index contributed by atoms with van der Waals surface area (Å²) >= 11 is 0. The third-order valence-electron chi connectivity index (χ3n) is 7.56. The van der Waals surface area contributed by atoms with Crippen LogP contribution in [0.1, 0.15) is 68.9 Å². The first kappa shape index (κ1) is 35.3. The van der Waals surface area contributed by atoms with E-state index in [1.165, 1.54) is 0 Å². The van der Waals surface area contributed by atoms with Crippen molar-refractivity contribution >= 4 is 23.9 Å². The van der Waals surface area contributed by atoms with Crippen molar-refractivity contribution in [2.45, 2.75) is 82.9 Å². The lowest BCUT2D eigenvalue weighted by atomic mass is 9.97. The number of nitrogens with one attached hydrogen (secondary N) is 3. The van der Waals surface area contributed by atoms with Crippen molar-refractivity contribution in [3.8, 4) is 0 Å². The summed E-state index contributed by atoms with van der Waals surface area (Å²) in [5.74, 6) is -1.53. The first-order chi connectivity index (χ1) is 21.9. The predicted octanol–water partition coefficient (Wildman–Crippen LogP) is 4.36. The van der Waals surface area contributed by atoms with Crippen molar-refractivity contribution < 1.29 is 33.8 Å².